The summed E-state index contributed by atoms with van der Waals surface area (Å²) in [7, 11) is 0. The van der Waals surface area contributed by atoms with Gasteiger partial charge in [-0.1, -0.05) is 39.7 Å². The Balaban J connectivity index is 2.09. The summed E-state index contributed by atoms with van der Waals surface area (Å²) >= 11 is 9.38. The van der Waals surface area contributed by atoms with E-state index < -0.39 is 0 Å². The lowest BCUT2D eigenvalue weighted by Crippen LogP contribution is -2.29. The molecule has 0 spiro atoms. The maximum absolute atomic E-state index is 9.17. The van der Waals surface area contributed by atoms with Gasteiger partial charge in [-0.2, -0.15) is 0 Å². The number of nitrogens with zero attached hydrogens (tertiary/aromatic N) is 1. The number of aliphatic hydroxyl groups is 2. The van der Waals surface area contributed by atoms with Gasteiger partial charge in [0.25, 0.3) is 0 Å². The van der Waals surface area contributed by atoms with E-state index in [9.17, 15) is 0 Å². The Labute approximate surface area is 155 Å². The van der Waals surface area contributed by atoms with Crippen molar-refractivity contribution in [2.75, 3.05) is 26.3 Å². The number of hydrogen-bond acceptors (Lipinski definition) is 4. The quantitative estimate of drug-likeness (QED) is 0.660. The van der Waals surface area contributed by atoms with Crippen molar-refractivity contribution in [2.45, 2.75) is 13.2 Å². The Hall–Kier alpha value is -1.11. The lowest BCUT2D eigenvalue weighted by Gasteiger charge is -2.22. The molecule has 0 radical (unpaired) electrons. The van der Waals surface area contributed by atoms with Crippen molar-refractivity contribution in [3.05, 3.63) is 63.1 Å². The molecule has 24 heavy (non-hydrogen) atoms. The Kier molecular flexibility index (Phi) is 8.02. The molecule has 0 bridgehead atoms. The average molecular weight is 415 g/mol. The van der Waals surface area contributed by atoms with Crippen LogP contribution in [0.3, 0.4) is 0 Å². The zero-order chi connectivity index (χ0) is 17.4. The minimum absolute atomic E-state index is 0.0506. The van der Waals surface area contributed by atoms with Gasteiger partial charge >= 0.3 is 0 Å². The molecule has 0 aromatic heterocycles. The van der Waals surface area contributed by atoms with Gasteiger partial charge < -0.3 is 14.9 Å². The Bertz CT molecular complexity index is 631. The fraction of sp³-hybridized carbons (Fsp3) is 0.333. The number of rotatable bonds is 9. The largest absolute Gasteiger partial charge is 0.489 e. The van der Waals surface area contributed by atoms with Gasteiger partial charge in [-0.25, -0.2) is 0 Å². The Morgan fingerprint density at radius 3 is 2.29 bits per heavy atom. The molecule has 130 valence electrons. The monoisotopic (exact) mass is 413 g/mol. The molecule has 0 fully saturated rings. The predicted octanol–water partition coefficient (Wildman–Crippen LogP) is 3.47. The van der Waals surface area contributed by atoms with E-state index in [0.29, 0.717) is 31.3 Å². The van der Waals surface area contributed by atoms with Gasteiger partial charge in [0.2, 0.25) is 0 Å². The first-order chi connectivity index (χ1) is 11.6. The highest BCUT2D eigenvalue weighted by Crippen LogP contribution is 2.25. The number of benzene rings is 2. The minimum Gasteiger partial charge on any atom is -0.489 e. The third kappa shape index (κ3) is 6.07. The maximum Gasteiger partial charge on any atom is 0.124 e. The van der Waals surface area contributed by atoms with E-state index in [4.69, 9.17) is 26.6 Å². The van der Waals surface area contributed by atoms with Crippen LogP contribution in [0.2, 0.25) is 5.02 Å². The zero-order valence-corrected chi connectivity index (χ0v) is 15.6. The van der Waals surface area contributed by atoms with E-state index in [1.807, 2.05) is 47.4 Å². The van der Waals surface area contributed by atoms with Gasteiger partial charge in [0.15, 0.2) is 0 Å². The normalized spacial score (nSPS) is 11.0. The van der Waals surface area contributed by atoms with Crippen LogP contribution in [0.15, 0.2) is 46.9 Å². The molecular formula is C18H21BrClNO3. The molecule has 0 aliphatic heterocycles. The lowest BCUT2D eigenvalue weighted by atomic mass is 10.2. The second-order valence-electron chi connectivity index (χ2n) is 5.39. The molecule has 2 aromatic rings. The van der Waals surface area contributed by atoms with Gasteiger partial charge in [0.1, 0.15) is 12.4 Å². The predicted molar refractivity (Wildman–Crippen MR) is 99.4 cm³/mol. The van der Waals surface area contributed by atoms with E-state index in [1.165, 1.54) is 0 Å². The van der Waals surface area contributed by atoms with Crippen LogP contribution in [0.4, 0.5) is 0 Å². The van der Waals surface area contributed by atoms with Gasteiger partial charge in [-0.15, -0.1) is 0 Å². The molecule has 0 saturated heterocycles. The maximum atomic E-state index is 9.17. The van der Waals surface area contributed by atoms with E-state index >= 15 is 0 Å². The molecule has 0 aliphatic rings. The van der Waals surface area contributed by atoms with Crippen LogP contribution in [0.5, 0.6) is 5.75 Å². The van der Waals surface area contributed by atoms with Crippen LogP contribution in [-0.2, 0) is 13.2 Å². The lowest BCUT2D eigenvalue weighted by molar-refractivity contribution is 0.154. The molecule has 0 amide bonds. The van der Waals surface area contributed by atoms with Crippen molar-refractivity contribution < 1.29 is 14.9 Å². The third-order valence-electron chi connectivity index (χ3n) is 3.56. The molecule has 2 rings (SSSR count). The average Bonchev–Trinajstić information content (AvgIpc) is 2.56. The first kappa shape index (κ1) is 19.2. The highest BCUT2D eigenvalue weighted by atomic mass is 79.9. The molecule has 2 aromatic carbocycles. The zero-order valence-electron chi connectivity index (χ0n) is 13.3. The van der Waals surface area contributed by atoms with Crippen molar-refractivity contribution in [1.29, 1.82) is 0 Å². The number of ether oxygens (including phenoxy) is 1. The van der Waals surface area contributed by atoms with Gasteiger partial charge in [-0.05, 0) is 35.9 Å². The van der Waals surface area contributed by atoms with Gasteiger partial charge in [0, 0.05) is 34.7 Å². The van der Waals surface area contributed by atoms with E-state index in [2.05, 4.69) is 15.9 Å². The van der Waals surface area contributed by atoms with Crippen LogP contribution in [0.1, 0.15) is 11.1 Å². The Morgan fingerprint density at radius 1 is 1.00 bits per heavy atom. The van der Waals surface area contributed by atoms with Crippen molar-refractivity contribution in [3.63, 3.8) is 0 Å². The molecule has 0 saturated carbocycles. The van der Waals surface area contributed by atoms with Crippen molar-refractivity contribution >= 4 is 27.5 Å². The Morgan fingerprint density at radius 2 is 1.67 bits per heavy atom. The summed E-state index contributed by atoms with van der Waals surface area (Å²) in [4.78, 5) is 1.98. The summed E-state index contributed by atoms with van der Waals surface area (Å²) in [5, 5.41) is 19.0. The highest BCUT2D eigenvalue weighted by molar-refractivity contribution is 9.10. The number of halogens is 2. The fourth-order valence-electron chi connectivity index (χ4n) is 2.35. The smallest absolute Gasteiger partial charge is 0.124 e. The van der Waals surface area contributed by atoms with E-state index in [0.717, 1.165) is 21.3 Å². The van der Waals surface area contributed by atoms with Crippen molar-refractivity contribution in [2.24, 2.45) is 0 Å². The number of hydrogen-bond donors (Lipinski definition) is 2. The van der Waals surface area contributed by atoms with Crippen LogP contribution in [0.25, 0.3) is 0 Å². The van der Waals surface area contributed by atoms with Crippen LogP contribution in [-0.4, -0.2) is 41.4 Å². The summed E-state index contributed by atoms with van der Waals surface area (Å²) in [6, 6.07) is 13.4. The molecule has 2 N–H and O–H groups in total. The summed E-state index contributed by atoms with van der Waals surface area (Å²) in [5.41, 5.74) is 2.04. The minimum atomic E-state index is 0.0506. The summed E-state index contributed by atoms with van der Waals surface area (Å²) in [5.74, 6) is 0.786. The van der Waals surface area contributed by atoms with Gasteiger partial charge in [0.05, 0.1) is 13.2 Å². The van der Waals surface area contributed by atoms with Gasteiger partial charge in [-0.3, -0.25) is 4.90 Å². The molecule has 0 heterocycles. The molecule has 0 atom stereocenters. The molecule has 0 aliphatic carbocycles. The fourth-order valence-corrected chi connectivity index (χ4v) is 2.88. The first-order valence-electron chi connectivity index (χ1n) is 7.72. The van der Waals surface area contributed by atoms with Crippen LogP contribution in [0, 0.1) is 0 Å². The summed E-state index contributed by atoms with van der Waals surface area (Å²) in [6.07, 6.45) is 0. The molecule has 0 unspecified atom stereocenters. The molecule has 6 heteroatoms. The molecule has 4 nitrogen and oxygen atoms in total. The van der Waals surface area contributed by atoms with Crippen molar-refractivity contribution in [3.8, 4) is 5.75 Å². The standard InChI is InChI=1S/C18H21BrClNO3/c19-16-3-6-18(24-13-14-1-4-17(20)5-2-14)15(11-16)12-21(7-9-22)8-10-23/h1-6,11,22-23H,7-10,12-13H2. The van der Waals surface area contributed by atoms with Crippen molar-refractivity contribution in [1.82, 2.24) is 4.90 Å². The molecular weight excluding hydrogens is 394 g/mol. The van der Waals surface area contributed by atoms with E-state index in [-0.39, 0.29) is 13.2 Å². The highest BCUT2D eigenvalue weighted by Gasteiger charge is 2.11. The number of aliphatic hydroxyl groups excluding tert-OH is 2. The summed E-state index contributed by atoms with van der Waals surface area (Å²) in [6.45, 7) is 2.15. The van der Waals surface area contributed by atoms with E-state index in [1.54, 1.807) is 0 Å². The summed E-state index contributed by atoms with van der Waals surface area (Å²) < 4.78 is 6.92. The first-order valence-corrected chi connectivity index (χ1v) is 8.89. The topological polar surface area (TPSA) is 52.9 Å². The second-order valence-corrected chi connectivity index (χ2v) is 6.74. The van der Waals surface area contributed by atoms with Crippen LogP contribution < -0.4 is 4.74 Å². The SMILES string of the molecule is OCCN(CCO)Cc1cc(Br)ccc1OCc1ccc(Cl)cc1. The second kappa shape index (κ2) is 10.0. The third-order valence-corrected chi connectivity index (χ3v) is 4.30. The van der Waals surface area contributed by atoms with Crippen LogP contribution >= 0.6 is 27.5 Å².